The molecule has 19 heavy (non-hydrogen) atoms. The highest BCUT2D eigenvalue weighted by atomic mass is 16.3. The second-order valence-corrected chi connectivity index (χ2v) is 6.23. The molecule has 2 aliphatic rings. The summed E-state index contributed by atoms with van der Waals surface area (Å²) in [4.78, 5) is 4.81. The van der Waals surface area contributed by atoms with E-state index in [9.17, 15) is 5.11 Å². The minimum atomic E-state index is 0.224. The first-order chi connectivity index (χ1) is 9.18. The maximum atomic E-state index is 9.88. The van der Waals surface area contributed by atoms with Crippen LogP contribution in [0.2, 0.25) is 0 Å². The fourth-order valence-corrected chi connectivity index (χ4v) is 4.02. The van der Waals surface area contributed by atoms with Crippen LogP contribution in [0.25, 0.3) is 0 Å². The third-order valence-corrected chi connectivity index (χ3v) is 5.14. The predicted molar refractivity (Wildman–Crippen MR) is 76.9 cm³/mol. The molecule has 0 aromatic heterocycles. The first-order valence-electron chi connectivity index (χ1n) is 7.24. The lowest BCUT2D eigenvalue weighted by Crippen LogP contribution is -2.57. The van der Waals surface area contributed by atoms with Gasteiger partial charge in [0.25, 0.3) is 0 Å². The van der Waals surface area contributed by atoms with Crippen molar-refractivity contribution in [3.8, 4) is 0 Å². The zero-order valence-corrected chi connectivity index (χ0v) is 11.9. The summed E-state index contributed by atoms with van der Waals surface area (Å²) in [6.07, 6.45) is 2.51. The second kappa shape index (κ2) is 4.89. The van der Waals surface area contributed by atoms with E-state index in [1.807, 2.05) is 0 Å². The Labute approximate surface area is 115 Å². The van der Waals surface area contributed by atoms with Gasteiger partial charge in [0.05, 0.1) is 12.6 Å². The average molecular weight is 260 g/mol. The third kappa shape index (κ3) is 2.10. The first kappa shape index (κ1) is 13.1. The highest BCUT2D eigenvalue weighted by molar-refractivity contribution is 5.21. The van der Waals surface area contributed by atoms with E-state index >= 15 is 0 Å². The fourth-order valence-electron chi connectivity index (χ4n) is 4.02. The molecular weight excluding hydrogens is 236 g/mol. The van der Waals surface area contributed by atoms with Gasteiger partial charge in [-0.2, -0.15) is 0 Å². The number of benzene rings is 1. The van der Waals surface area contributed by atoms with Gasteiger partial charge < -0.3 is 10.0 Å². The number of nitrogens with zero attached hydrogens (tertiary/aromatic N) is 2. The number of likely N-dealkylation sites (N-methyl/N-ethyl adjacent to an activating group) is 1. The van der Waals surface area contributed by atoms with Crippen molar-refractivity contribution in [3.63, 3.8) is 0 Å². The summed E-state index contributed by atoms with van der Waals surface area (Å²) in [5.74, 6) is 0.784. The zero-order chi connectivity index (χ0) is 13.5. The normalized spacial score (nSPS) is 34.3. The lowest BCUT2D eigenvalue weighted by molar-refractivity contribution is 0.0103. The van der Waals surface area contributed by atoms with Gasteiger partial charge >= 0.3 is 0 Å². The molecule has 1 saturated heterocycles. The standard InChI is InChI=1S/C16H24N2O/c1-17(2)16-10-14(16)8-9-18(15(16)12-19)11-13-6-4-3-5-7-13/h3-7,14-15,19H,8-12H2,1-2H3/t14-,15+,16-/m1/s1. The smallest absolute Gasteiger partial charge is 0.0605 e. The molecule has 104 valence electrons. The summed E-state index contributed by atoms with van der Waals surface area (Å²) < 4.78 is 0. The van der Waals surface area contributed by atoms with Crippen molar-refractivity contribution in [1.29, 1.82) is 0 Å². The Morgan fingerprint density at radius 1 is 1.32 bits per heavy atom. The zero-order valence-electron chi connectivity index (χ0n) is 11.9. The summed E-state index contributed by atoms with van der Waals surface area (Å²) in [6.45, 7) is 2.33. The Hall–Kier alpha value is -0.900. The number of hydrogen-bond donors (Lipinski definition) is 1. The number of rotatable bonds is 4. The van der Waals surface area contributed by atoms with Crippen LogP contribution in [0.4, 0.5) is 0 Å². The highest BCUT2D eigenvalue weighted by Gasteiger charge is 2.63. The fraction of sp³-hybridized carbons (Fsp3) is 0.625. The molecule has 0 spiro atoms. The topological polar surface area (TPSA) is 26.7 Å². The third-order valence-electron chi connectivity index (χ3n) is 5.14. The molecule has 1 aliphatic heterocycles. The molecular formula is C16H24N2O. The number of piperidine rings is 1. The van der Waals surface area contributed by atoms with E-state index in [1.165, 1.54) is 18.4 Å². The van der Waals surface area contributed by atoms with E-state index in [2.05, 4.69) is 54.2 Å². The van der Waals surface area contributed by atoms with Gasteiger partial charge in [-0.15, -0.1) is 0 Å². The Morgan fingerprint density at radius 2 is 2.05 bits per heavy atom. The van der Waals surface area contributed by atoms with Gasteiger partial charge in [-0.05, 0) is 45.0 Å². The van der Waals surface area contributed by atoms with E-state index in [0.717, 1.165) is 19.0 Å². The van der Waals surface area contributed by atoms with Crippen molar-refractivity contribution in [3.05, 3.63) is 35.9 Å². The Balaban J connectivity index is 1.78. The van der Waals surface area contributed by atoms with E-state index in [1.54, 1.807) is 0 Å². The van der Waals surface area contributed by atoms with E-state index in [4.69, 9.17) is 0 Å². The van der Waals surface area contributed by atoms with Crippen LogP contribution in [0.1, 0.15) is 18.4 Å². The molecule has 1 saturated carbocycles. The summed E-state index contributed by atoms with van der Waals surface area (Å²) in [7, 11) is 4.32. The summed E-state index contributed by atoms with van der Waals surface area (Å²) in [5.41, 5.74) is 1.57. The van der Waals surface area contributed by atoms with Crippen LogP contribution in [0.3, 0.4) is 0 Å². The van der Waals surface area contributed by atoms with Crippen molar-refractivity contribution in [1.82, 2.24) is 9.80 Å². The molecule has 1 aromatic rings. The minimum Gasteiger partial charge on any atom is -0.395 e. The molecule has 3 rings (SSSR count). The molecule has 1 aliphatic carbocycles. The Kier molecular flexibility index (Phi) is 3.37. The van der Waals surface area contributed by atoms with Gasteiger partial charge in [0.15, 0.2) is 0 Å². The van der Waals surface area contributed by atoms with E-state index in [-0.39, 0.29) is 18.2 Å². The SMILES string of the molecule is CN(C)[C@]12C[C@H]1CCN(Cc1ccccc1)[C@H]2CO. The van der Waals surface area contributed by atoms with Crippen LogP contribution >= 0.6 is 0 Å². The van der Waals surface area contributed by atoms with Gasteiger partial charge in [-0.1, -0.05) is 30.3 Å². The molecule has 0 radical (unpaired) electrons. The van der Waals surface area contributed by atoms with E-state index < -0.39 is 0 Å². The quantitative estimate of drug-likeness (QED) is 0.890. The van der Waals surface area contributed by atoms with Crippen molar-refractivity contribution in [2.24, 2.45) is 5.92 Å². The molecule has 1 N–H and O–H groups in total. The van der Waals surface area contributed by atoms with Gasteiger partial charge in [-0.25, -0.2) is 0 Å². The molecule has 0 bridgehead atoms. The van der Waals surface area contributed by atoms with Crippen molar-refractivity contribution >= 4 is 0 Å². The first-order valence-corrected chi connectivity index (χ1v) is 7.24. The van der Waals surface area contributed by atoms with Crippen LogP contribution in [0, 0.1) is 5.92 Å². The van der Waals surface area contributed by atoms with Gasteiger partial charge in [0, 0.05) is 12.1 Å². The van der Waals surface area contributed by atoms with Gasteiger partial charge in [0.1, 0.15) is 0 Å². The van der Waals surface area contributed by atoms with Gasteiger partial charge in [-0.3, -0.25) is 4.90 Å². The van der Waals surface area contributed by atoms with Crippen molar-refractivity contribution in [2.75, 3.05) is 27.2 Å². The summed E-state index contributed by atoms with van der Waals surface area (Å²) in [5, 5.41) is 9.88. The lowest BCUT2D eigenvalue weighted by Gasteiger charge is -2.44. The number of likely N-dealkylation sites (tertiary alicyclic amines) is 1. The molecule has 0 unspecified atom stereocenters. The molecule has 0 amide bonds. The van der Waals surface area contributed by atoms with Gasteiger partial charge in [0.2, 0.25) is 0 Å². The molecule has 3 atom stereocenters. The van der Waals surface area contributed by atoms with Crippen LogP contribution in [-0.4, -0.2) is 53.7 Å². The largest absolute Gasteiger partial charge is 0.395 e. The van der Waals surface area contributed by atoms with Crippen LogP contribution < -0.4 is 0 Å². The lowest BCUT2D eigenvalue weighted by atomic mass is 9.94. The summed E-state index contributed by atoms with van der Waals surface area (Å²) >= 11 is 0. The number of aliphatic hydroxyl groups is 1. The van der Waals surface area contributed by atoms with Crippen LogP contribution in [0.5, 0.6) is 0 Å². The van der Waals surface area contributed by atoms with E-state index in [0.29, 0.717) is 0 Å². The predicted octanol–water partition coefficient (Wildman–Crippen LogP) is 1.57. The Morgan fingerprint density at radius 3 is 2.68 bits per heavy atom. The maximum Gasteiger partial charge on any atom is 0.0605 e. The monoisotopic (exact) mass is 260 g/mol. The minimum absolute atomic E-state index is 0.224. The number of aliphatic hydroxyl groups excluding tert-OH is 1. The number of fused-ring (bicyclic) bond motifs is 1. The van der Waals surface area contributed by atoms with Crippen LogP contribution in [-0.2, 0) is 6.54 Å². The van der Waals surface area contributed by atoms with Crippen molar-refractivity contribution in [2.45, 2.75) is 31.0 Å². The second-order valence-electron chi connectivity index (χ2n) is 6.23. The molecule has 3 nitrogen and oxygen atoms in total. The highest BCUT2D eigenvalue weighted by Crippen LogP contribution is 2.56. The number of hydrogen-bond acceptors (Lipinski definition) is 3. The molecule has 3 heteroatoms. The molecule has 1 aromatic carbocycles. The maximum absolute atomic E-state index is 9.88. The Bertz CT molecular complexity index is 434. The average Bonchev–Trinajstić information content (AvgIpc) is 3.15. The molecule has 1 heterocycles. The molecule has 2 fully saturated rings. The summed E-state index contributed by atoms with van der Waals surface area (Å²) in [6, 6.07) is 10.9. The van der Waals surface area contributed by atoms with Crippen LogP contribution in [0.15, 0.2) is 30.3 Å². The van der Waals surface area contributed by atoms with Crippen molar-refractivity contribution < 1.29 is 5.11 Å².